The summed E-state index contributed by atoms with van der Waals surface area (Å²) in [5.41, 5.74) is 5.08. The first-order chi connectivity index (χ1) is 10.2. The molecule has 6 nitrogen and oxygen atoms in total. The zero-order valence-electron chi connectivity index (χ0n) is 13.5. The lowest BCUT2D eigenvalue weighted by atomic mass is 10.1. The van der Waals surface area contributed by atoms with Crippen molar-refractivity contribution in [2.45, 2.75) is 51.4 Å². The molecule has 0 aromatic rings. The summed E-state index contributed by atoms with van der Waals surface area (Å²) in [5.74, 6) is -0.118. The van der Waals surface area contributed by atoms with Crippen molar-refractivity contribution in [1.29, 1.82) is 0 Å². The van der Waals surface area contributed by atoms with Crippen LogP contribution in [0.15, 0.2) is 0 Å². The molecule has 2 aliphatic heterocycles. The molecule has 2 amide bonds. The Labute approximate surface area is 130 Å². The van der Waals surface area contributed by atoms with Gasteiger partial charge in [0.25, 0.3) is 0 Å². The number of hydrogen-bond donors (Lipinski definition) is 1. The molecular formula is C15H26FN3O3. The Morgan fingerprint density at radius 1 is 1.32 bits per heavy atom. The van der Waals surface area contributed by atoms with Crippen molar-refractivity contribution in [1.82, 2.24) is 9.80 Å². The molecule has 0 bridgehead atoms. The Morgan fingerprint density at radius 2 is 2.00 bits per heavy atom. The molecule has 7 heteroatoms. The van der Waals surface area contributed by atoms with Gasteiger partial charge >= 0.3 is 6.09 Å². The second-order valence-corrected chi connectivity index (χ2v) is 7.16. The molecule has 2 saturated heterocycles. The standard InChI is InChI=1S/C15H26FN3O3/c1-15(2,3)22-14(21)19-8-10(7-17)6-12(19)13(20)18-5-4-11(16)9-18/h10-12H,4-9,17H2,1-3H3/t10-,11?,12+/m1/s1. The van der Waals surface area contributed by atoms with Crippen LogP contribution in [0.2, 0.25) is 0 Å². The normalized spacial score (nSPS) is 29.0. The number of nitrogens with two attached hydrogens (primary N) is 1. The molecule has 3 atom stereocenters. The summed E-state index contributed by atoms with van der Waals surface area (Å²) in [7, 11) is 0. The van der Waals surface area contributed by atoms with Gasteiger partial charge in [0.1, 0.15) is 17.8 Å². The first-order valence-electron chi connectivity index (χ1n) is 7.84. The summed E-state index contributed by atoms with van der Waals surface area (Å²) in [6.45, 7) is 6.70. The van der Waals surface area contributed by atoms with Crippen LogP contribution in [0.3, 0.4) is 0 Å². The highest BCUT2D eigenvalue weighted by Crippen LogP contribution is 2.27. The third-order valence-electron chi connectivity index (χ3n) is 4.08. The van der Waals surface area contributed by atoms with Gasteiger partial charge in [-0.3, -0.25) is 9.69 Å². The fourth-order valence-corrected chi connectivity index (χ4v) is 2.98. The van der Waals surface area contributed by atoms with E-state index in [1.165, 1.54) is 9.80 Å². The van der Waals surface area contributed by atoms with Crippen LogP contribution >= 0.6 is 0 Å². The first-order valence-corrected chi connectivity index (χ1v) is 7.84. The SMILES string of the molecule is CC(C)(C)OC(=O)N1C[C@@H](CN)C[C@H]1C(=O)N1CCC(F)C1. The molecule has 2 rings (SSSR count). The van der Waals surface area contributed by atoms with Gasteiger partial charge in [0.05, 0.1) is 6.54 Å². The van der Waals surface area contributed by atoms with Gasteiger partial charge in [-0.25, -0.2) is 9.18 Å². The molecule has 126 valence electrons. The lowest BCUT2D eigenvalue weighted by molar-refractivity contribution is -0.135. The van der Waals surface area contributed by atoms with Crippen LogP contribution in [0, 0.1) is 5.92 Å². The highest BCUT2D eigenvalue weighted by atomic mass is 19.1. The van der Waals surface area contributed by atoms with Gasteiger partial charge in [-0.2, -0.15) is 0 Å². The maximum absolute atomic E-state index is 13.3. The highest BCUT2D eigenvalue weighted by Gasteiger charge is 2.43. The molecule has 1 unspecified atom stereocenters. The van der Waals surface area contributed by atoms with Gasteiger partial charge in [-0.15, -0.1) is 0 Å². The van der Waals surface area contributed by atoms with E-state index in [0.717, 1.165) is 0 Å². The zero-order valence-corrected chi connectivity index (χ0v) is 13.5. The summed E-state index contributed by atoms with van der Waals surface area (Å²) < 4.78 is 18.7. The third-order valence-corrected chi connectivity index (χ3v) is 4.08. The van der Waals surface area contributed by atoms with Gasteiger partial charge in [0.2, 0.25) is 5.91 Å². The number of halogens is 1. The van der Waals surface area contributed by atoms with Crippen LogP contribution in [-0.2, 0) is 9.53 Å². The summed E-state index contributed by atoms with van der Waals surface area (Å²) in [6.07, 6.45) is -0.587. The van der Waals surface area contributed by atoms with Crippen LogP contribution in [0.4, 0.5) is 9.18 Å². The van der Waals surface area contributed by atoms with E-state index in [9.17, 15) is 14.0 Å². The molecule has 2 fully saturated rings. The molecule has 2 aliphatic rings. The maximum atomic E-state index is 13.3. The number of alkyl halides is 1. The van der Waals surface area contributed by atoms with Gasteiger partial charge in [-0.1, -0.05) is 0 Å². The average Bonchev–Trinajstić information content (AvgIpc) is 3.02. The van der Waals surface area contributed by atoms with E-state index in [-0.39, 0.29) is 18.4 Å². The lowest BCUT2D eigenvalue weighted by Gasteiger charge is -2.30. The van der Waals surface area contributed by atoms with Gasteiger partial charge in [-0.05, 0) is 46.1 Å². The fourth-order valence-electron chi connectivity index (χ4n) is 2.98. The van der Waals surface area contributed by atoms with Gasteiger partial charge < -0.3 is 15.4 Å². The molecule has 0 radical (unpaired) electrons. The van der Waals surface area contributed by atoms with Crippen molar-refractivity contribution in [3.63, 3.8) is 0 Å². The number of carbonyl (C=O) groups is 2. The molecule has 22 heavy (non-hydrogen) atoms. The Balaban J connectivity index is 2.09. The van der Waals surface area contributed by atoms with E-state index in [4.69, 9.17) is 10.5 Å². The monoisotopic (exact) mass is 315 g/mol. The Bertz CT molecular complexity index is 438. The van der Waals surface area contributed by atoms with E-state index < -0.39 is 23.9 Å². The quantitative estimate of drug-likeness (QED) is 0.829. The molecule has 0 aliphatic carbocycles. The molecule has 0 aromatic heterocycles. The number of rotatable bonds is 2. The first kappa shape index (κ1) is 17.0. The van der Waals surface area contributed by atoms with Crippen LogP contribution in [-0.4, -0.2) is 65.8 Å². The number of nitrogens with zero attached hydrogens (tertiary/aromatic N) is 2. The maximum Gasteiger partial charge on any atom is 0.410 e. The number of amides is 2. The minimum Gasteiger partial charge on any atom is -0.444 e. The van der Waals surface area contributed by atoms with Crippen molar-refractivity contribution in [2.24, 2.45) is 11.7 Å². The molecule has 2 heterocycles. The summed E-state index contributed by atoms with van der Waals surface area (Å²) >= 11 is 0. The van der Waals surface area contributed by atoms with E-state index in [1.807, 2.05) is 0 Å². The Kier molecular flexibility index (Phi) is 4.94. The number of ether oxygens (including phenoxy) is 1. The topological polar surface area (TPSA) is 75.9 Å². The molecule has 0 aromatic carbocycles. The van der Waals surface area contributed by atoms with Crippen molar-refractivity contribution >= 4 is 12.0 Å². The Hall–Kier alpha value is -1.37. The van der Waals surface area contributed by atoms with Crippen LogP contribution in [0.1, 0.15) is 33.6 Å². The van der Waals surface area contributed by atoms with Gasteiger partial charge in [0, 0.05) is 13.1 Å². The van der Waals surface area contributed by atoms with Crippen molar-refractivity contribution in [2.75, 3.05) is 26.2 Å². The lowest BCUT2D eigenvalue weighted by Crippen LogP contribution is -2.48. The minimum atomic E-state index is -0.967. The number of carbonyl (C=O) groups excluding carboxylic acids is 2. The summed E-state index contributed by atoms with van der Waals surface area (Å²) in [5, 5.41) is 0. The van der Waals surface area contributed by atoms with Crippen LogP contribution in [0.5, 0.6) is 0 Å². The molecular weight excluding hydrogens is 289 g/mol. The van der Waals surface area contributed by atoms with E-state index in [1.54, 1.807) is 20.8 Å². The smallest absolute Gasteiger partial charge is 0.410 e. The molecule has 0 saturated carbocycles. The van der Waals surface area contributed by atoms with Crippen LogP contribution in [0.25, 0.3) is 0 Å². The third kappa shape index (κ3) is 3.88. The average molecular weight is 315 g/mol. The predicted octanol–water partition coefficient (Wildman–Crippen LogP) is 1.14. The predicted molar refractivity (Wildman–Crippen MR) is 80.0 cm³/mol. The van der Waals surface area contributed by atoms with Gasteiger partial charge in [0.15, 0.2) is 0 Å². The Morgan fingerprint density at radius 3 is 2.50 bits per heavy atom. The highest BCUT2D eigenvalue weighted by molar-refractivity contribution is 5.86. The zero-order chi connectivity index (χ0) is 16.5. The van der Waals surface area contributed by atoms with E-state index in [2.05, 4.69) is 0 Å². The molecule has 2 N–H and O–H groups in total. The minimum absolute atomic E-state index is 0.0743. The largest absolute Gasteiger partial charge is 0.444 e. The molecule has 0 spiro atoms. The fraction of sp³-hybridized carbons (Fsp3) is 0.867. The second-order valence-electron chi connectivity index (χ2n) is 7.16. The second kappa shape index (κ2) is 6.40. The number of likely N-dealkylation sites (tertiary alicyclic amines) is 2. The summed E-state index contributed by atoms with van der Waals surface area (Å²) in [6, 6.07) is -0.589. The summed E-state index contributed by atoms with van der Waals surface area (Å²) in [4.78, 5) is 27.9. The van der Waals surface area contributed by atoms with E-state index in [0.29, 0.717) is 32.5 Å². The number of hydrogen-bond acceptors (Lipinski definition) is 4. The van der Waals surface area contributed by atoms with Crippen molar-refractivity contribution < 1.29 is 18.7 Å². The van der Waals surface area contributed by atoms with Crippen LogP contribution < -0.4 is 5.73 Å². The van der Waals surface area contributed by atoms with Crippen molar-refractivity contribution in [3.05, 3.63) is 0 Å². The van der Waals surface area contributed by atoms with Crippen molar-refractivity contribution in [3.8, 4) is 0 Å². The van der Waals surface area contributed by atoms with E-state index >= 15 is 0 Å².